The molecule has 0 aliphatic rings. The predicted octanol–water partition coefficient (Wildman–Crippen LogP) is 1.87. The maximum absolute atomic E-state index is 5.32. The molecule has 2 heterocycles. The average molecular weight is 195 g/mol. The number of furan rings is 1. The van der Waals surface area contributed by atoms with Gasteiger partial charge in [-0.05, 0) is 12.1 Å². The second kappa shape index (κ2) is 3.22. The number of hydrogen-bond acceptors (Lipinski definition) is 3. The van der Waals surface area contributed by atoms with Crippen molar-refractivity contribution in [3.8, 4) is 11.5 Å². The third-order valence-corrected chi connectivity index (χ3v) is 2.98. The van der Waals surface area contributed by atoms with Crippen LogP contribution >= 0.6 is 11.3 Å². The molecule has 4 heteroatoms. The Balaban J connectivity index is 2.48. The lowest BCUT2D eigenvalue weighted by Gasteiger charge is -1.93. The smallest absolute Gasteiger partial charge is 0.333 e. The fraction of sp³-hybridized carbons (Fsp3) is 0.222. The Hall–Kier alpha value is -1.29. The minimum Gasteiger partial charge on any atom is -0.460 e. The van der Waals surface area contributed by atoms with Crippen LogP contribution in [0.15, 0.2) is 28.2 Å². The van der Waals surface area contributed by atoms with Gasteiger partial charge in [0.05, 0.1) is 20.4 Å². The summed E-state index contributed by atoms with van der Waals surface area (Å²) in [6, 6.07) is 3.85. The van der Waals surface area contributed by atoms with Gasteiger partial charge in [0.15, 0.2) is 11.5 Å². The van der Waals surface area contributed by atoms with Crippen molar-refractivity contribution in [2.24, 2.45) is 7.05 Å². The van der Waals surface area contributed by atoms with Gasteiger partial charge in [0.25, 0.3) is 0 Å². The lowest BCUT2D eigenvalue weighted by atomic mass is 10.3. The van der Waals surface area contributed by atoms with Gasteiger partial charge in [0.2, 0.25) is 0 Å². The summed E-state index contributed by atoms with van der Waals surface area (Å²) in [6.07, 6.45) is 1.69. The number of thiazole rings is 1. The second-order valence-electron chi connectivity index (χ2n) is 2.71. The SMILES string of the molecule is CNc1scc(-c2ccco2)[n+]1C. The summed E-state index contributed by atoms with van der Waals surface area (Å²) in [5.41, 5.74) is 1.10. The highest BCUT2D eigenvalue weighted by Crippen LogP contribution is 2.22. The Morgan fingerprint density at radius 3 is 2.92 bits per heavy atom. The maximum atomic E-state index is 5.32. The van der Waals surface area contributed by atoms with Gasteiger partial charge in [0.1, 0.15) is 0 Å². The zero-order chi connectivity index (χ0) is 9.26. The Morgan fingerprint density at radius 2 is 2.38 bits per heavy atom. The van der Waals surface area contributed by atoms with Gasteiger partial charge in [-0.25, -0.2) is 4.57 Å². The van der Waals surface area contributed by atoms with E-state index < -0.39 is 0 Å². The van der Waals surface area contributed by atoms with E-state index in [0.717, 1.165) is 16.6 Å². The molecule has 0 atom stereocenters. The van der Waals surface area contributed by atoms with Crippen LogP contribution in [0.5, 0.6) is 0 Å². The Labute approximate surface area is 80.6 Å². The minimum absolute atomic E-state index is 0.903. The Morgan fingerprint density at radius 1 is 1.54 bits per heavy atom. The summed E-state index contributed by atoms with van der Waals surface area (Å²) in [5.74, 6) is 0.903. The number of rotatable bonds is 2. The Kier molecular flexibility index (Phi) is 2.06. The molecule has 68 valence electrons. The largest absolute Gasteiger partial charge is 0.460 e. The molecule has 0 spiro atoms. The van der Waals surface area contributed by atoms with Crippen LogP contribution in [0.4, 0.5) is 5.13 Å². The van der Waals surface area contributed by atoms with E-state index in [2.05, 4.69) is 15.3 Å². The van der Waals surface area contributed by atoms with Gasteiger partial charge in [-0.1, -0.05) is 11.3 Å². The van der Waals surface area contributed by atoms with Gasteiger partial charge in [-0.3, -0.25) is 5.32 Å². The zero-order valence-electron chi connectivity index (χ0n) is 7.57. The highest BCUT2D eigenvalue weighted by molar-refractivity contribution is 7.13. The first-order valence-electron chi connectivity index (χ1n) is 4.02. The van der Waals surface area contributed by atoms with Crippen LogP contribution in [0, 0.1) is 0 Å². The molecule has 2 rings (SSSR count). The zero-order valence-corrected chi connectivity index (χ0v) is 8.39. The molecule has 0 aromatic carbocycles. The fourth-order valence-electron chi connectivity index (χ4n) is 1.25. The second-order valence-corrected chi connectivity index (χ2v) is 3.57. The molecule has 0 amide bonds. The van der Waals surface area contributed by atoms with Crippen LogP contribution < -0.4 is 9.88 Å². The third kappa shape index (κ3) is 1.33. The summed E-state index contributed by atoms with van der Waals surface area (Å²) in [6.45, 7) is 0. The topological polar surface area (TPSA) is 29.1 Å². The van der Waals surface area contributed by atoms with E-state index in [-0.39, 0.29) is 0 Å². The molecule has 0 bridgehead atoms. The van der Waals surface area contributed by atoms with E-state index in [0.29, 0.717) is 0 Å². The van der Waals surface area contributed by atoms with Gasteiger partial charge < -0.3 is 4.42 Å². The van der Waals surface area contributed by atoms with Crippen LogP contribution in [0.2, 0.25) is 0 Å². The summed E-state index contributed by atoms with van der Waals surface area (Å²) in [4.78, 5) is 0. The van der Waals surface area contributed by atoms with E-state index in [1.165, 1.54) is 0 Å². The monoisotopic (exact) mass is 195 g/mol. The van der Waals surface area contributed by atoms with Crippen molar-refractivity contribution < 1.29 is 8.98 Å². The van der Waals surface area contributed by atoms with Gasteiger partial charge >= 0.3 is 5.13 Å². The summed E-state index contributed by atoms with van der Waals surface area (Å²) < 4.78 is 7.39. The molecular weight excluding hydrogens is 184 g/mol. The first kappa shape index (κ1) is 8.31. The van der Waals surface area contributed by atoms with Crippen molar-refractivity contribution in [1.82, 2.24) is 0 Å². The summed E-state index contributed by atoms with van der Waals surface area (Å²) in [7, 11) is 3.93. The molecule has 3 nitrogen and oxygen atoms in total. The quantitative estimate of drug-likeness (QED) is 0.741. The number of aromatic nitrogens is 1. The Bertz CT molecular complexity index is 392. The first-order valence-corrected chi connectivity index (χ1v) is 4.90. The lowest BCUT2D eigenvalue weighted by molar-refractivity contribution is -0.642. The molecule has 0 radical (unpaired) electrons. The highest BCUT2D eigenvalue weighted by atomic mass is 32.1. The molecular formula is C9H11N2OS+. The normalized spacial score (nSPS) is 10.3. The van der Waals surface area contributed by atoms with E-state index in [4.69, 9.17) is 4.42 Å². The van der Waals surface area contributed by atoms with Gasteiger partial charge in [0, 0.05) is 5.38 Å². The third-order valence-electron chi connectivity index (χ3n) is 1.94. The molecule has 0 aliphatic carbocycles. The van der Waals surface area contributed by atoms with Crippen LogP contribution in [-0.2, 0) is 7.05 Å². The van der Waals surface area contributed by atoms with Crippen molar-refractivity contribution in [2.45, 2.75) is 0 Å². The maximum Gasteiger partial charge on any atom is 0.333 e. The molecule has 2 aromatic heterocycles. The first-order chi connectivity index (χ1) is 6.33. The number of nitrogens with zero attached hydrogens (tertiary/aromatic N) is 1. The molecule has 0 unspecified atom stereocenters. The number of hydrogen-bond donors (Lipinski definition) is 1. The van der Waals surface area contributed by atoms with Gasteiger partial charge in [-0.2, -0.15) is 0 Å². The summed E-state index contributed by atoms with van der Waals surface area (Å²) in [5, 5.41) is 6.31. The lowest BCUT2D eigenvalue weighted by Crippen LogP contribution is -2.30. The van der Waals surface area contributed by atoms with Crippen molar-refractivity contribution in [1.29, 1.82) is 0 Å². The van der Waals surface area contributed by atoms with Crippen molar-refractivity contribution in [3.05, 3.63) is 23.8 Å². The predicted molar refractivity (Wildman–Crippen MR) is 52.7 cm³/mol. The van der Waals surface area contributed by atoms with E-state index in [1.807, 2.05) is 26.2 Å². The molecule has 0 fully saturated rings. The minimum atomic E-state index is 0.903. The number of nitrogens with one attached hydrogen (secondary N) is 1. The molecule has 0 saturated carbocycles. The summed E-state index contributed by atoms with van der Waals surface area (Å²) >= 11 is 1.67. The van der Waals surface area contributed by atoms with Crippen LogP contribution in [0.3, 0.4) is 0 Å². The molecule has 2 aromatic rings. The fourth-order valence-corrected chi connectivity index (χ4v) is 2.13. The average Bonchev–Trinajstić information content (AvgIpc) is 2.72. The standard InChI is InChI=1S/C9H10N2OS/c1-10-9-11(2)7(6-13-9)8-4-3-5-12-8/h3-6H,1-2H3/p+1. The van der Waals surface area contributed by atoms with Crippen LogP contribution in [-0.4, -0.2) is 7.05 Å². The molecule has 0 saturated heterocycles. The number of anilines is 1. The van der Waals surface area contributed by atoms with Crippen molar-refractivity contribution in [3.63, 3.8) is 0 Å². The van der Waals surface area contributed by atoms with Crippen LogP contribution in [0.25, 0.3) is 11.5 Å². The highest BCUT2D eigenvalue weighted by Gasteiger charge is 2.15. The van der Waals surface area contributed by atoms with Crippen molar-refractivity contribution in [2.75, 3.05) is 12.4 Å². The van der Waals surface area contributed by atoms with Crippen LogP contribution in [0.1, 0.15) is 0 Å². The van der Waals surface area contributed by atoms with E-state index in [9.17, 15) is 0 Å². The molecule has 13 heavy (non-hydrogen) atoms. The van der Waals surface area contributed by atoms with E-state index in [1.54, 1.807) is 17.6 Å². The van der Waals surface area contributed by atoms with Crippen molar-refractivity contribution >= 4 is 16.5 Å². The van der Waals surface area contributed by atoms with E-state index >= 15 is 0 Å². The molecule has 0 aliphatic heterocycles. The van der Waals surface area contributed by atoms with Gasteiger partial charge in [-0.15, -0.1) is 0 Å². The molecule has 1 N–H and O–H groups in total.